The number of methoxy groups -OCH3 is 1. The van der Waals surface area contributed by atoms with E-state index < -0.39 is 0 Å². The molecule has 0 N–H and O–H groups in total. The van der Waals surface area contributed by atoms with Gasteiger partial charge in [-0.05, 0) is 24.6 Å². The van der Waals surface area contributed by atoms with Gasteiger partial charge in [-0.3, -0.25) is 14.5 Å². The summed E-state index contributed by atoms with van der Waals surface area (Å²) in [7, 11) is 1.64. The molecule has 144 valence electrons. The second kappa shape index (κ2) is 7.66. The quantitative estimate of drug-likeness (QED) is 0.728. The van der Waals surface area contributed by atoms with E-state index in [1.54, 1.807) is 41.3 Å². The summed E-state index contributed by atoms with van der Waals surface area (Å²) in [6, 6.07) is 5.50. The number of pyridine rings is 1. The van der Waals surface area contributed by atoms with Crippen molar-refractivity contribution in [2.75, 3.05) is 40.0 Å². The fourth-order valence-electron chi connectivity index (χ4n) is 3.69. The van der Waals surface area contributed by atoms with E-state index in [-0.39, 0.29) is 17.4 Å². The molecule has 27 heavy (non-hydrogen) atoms. The zero-order chi connectivity index (χ0) is 18.7. The Bertz CT molecular complexity index is 773. The van der Waals surface area contributed by atoms with Crippen LogP contribution in [-0.4, -0.2) is 71.2 Å². The fraction of sp³-hybridized carbons (Fsp3) is 0.526. The van der Waals surface area contributed by atoms with Crippen LogP contribution in [0.2, 0.25) is 0 Å². The number of likely N-dealkylation sites (tertiary alicyclic amines) is 1. The van der Waals surface area contributed by atoms with Crippen LogP contribution in [0.15, 0.2) is 36.8 Å². The summed E-state index contributed by atoms with van der Waals surface area (Å²) in [5, 5.41) is 4.33. The fourth-order valence-corrected chi connectivity index (χ4v) is 3.69. The number of aromatic nitrogens is 3. The first kappa shape index (κ1) is 17.9. The molecule has 2 aliphatic heterocycles. The lowest BCUT2D eigenvalue weighted by Gasteiger charge is -2.49. The molecular formula is C19H24N4O4. The van der Waals surface area contributed by atoms with Crippen LogP contribution < -0.4 is 4.74 Å². The van der Waals surface area contributed by atoms with Gasteiger partial charge in [-0.2, -0.15) is 5.10 Å². The van der Waals surface area contributed by atoms with E-state index >= 15 is 0 Å². The molecule has 0 aromatic carbocycles. The van der Waals surface area contributed by atoms with Crippen LogP contribution >= 0.6 is 0 Å². The predicted molar refractivity (Wildman–Crippen MR) is 96.5 cm³/mol. The van der Waals surface area contributed by atoms with Crippen LogP contribution in [0, 0.1) is 5.92 Å². The van der Waals surface area contributed by atoms with Crippen molar-refractivity contribution >= 4 is 5.91 Å². The minimum atomic E-state index is -0.295. The average molecular weight is 372 g/mol. The van der Waals surface area contributed by atoms with Crippen molar-refractivity contribution in [3.63, 3.8) is 0 Å². The number of nitrogens with zero attached hydrogens (tertiary/aromatic N) is 4. The minimum Gasteiger partial charge on any atom is -0.492 e. The summed E-state index contributed by atoms with van der Waals surface area (Å²) in [6.45, 7) is 3.63. The van der Waals surface area contributed by atoms with E-state index in [4.69, 9.17) is 14.2 Å². The van der Waals surface area contributed by atoms with Gasteiger partial charge in [-0.15, -0.1) is 0 Å². The lowest BCUT2D eigenvalue weighted by Crippen LogP contribution is -2.66. The molecule has 8 nitrogen and oxygen atoms in total. The van der Waals surface area contributed by atoms with Gasteiger partial charge in [0.1, 0.15) is 17.0 Å². The van der Waals surface area contributed by atoms with Crippen molar-refractivity contribution < 1.29 is 19.0 Å². The first-order chi connectivity index (χ1) is 13.2. The maximum atomic E-state index is 12.7. The standard InChI is InChI=1S/C19H24N4O4/c1-25-10-8-23-7-4-17(21-23)18(24)22-13-19(14-22)15(5-9-27-19)12-26-16-3-2-6-20-11-16/h2-4,6-7,11,15H,5,8-10,12-14H2,1H3/t15-/m1/s1. The van der Waals surface area contributed by atoms with Gasteiger partial charge in [0.25, 0.3) is 5.91 Å². The topological polar surface area (TPSA) is 78.7 Å². The summed E-state index contributed by atoms with van der Waals surface area (Å²) < 4.78 is 18.7. The Morgan fingerprint density at radius 1 is 1.41 bits per heavy atom. The molecule has 0 bridgehead atoms. The van der Waals surface area contributed by atoms with E-state index in [1.165, 1.54) is 0 Å². The molecule has 4 heterocycles. The lowest BCUT2D eigenvalue weighted by atomic mass is 9.81. The Morgan fingerprint density at radius 3 is 3.07 bits per heavy atom. The van der Waals surface area contributed by atoms with Crippen LogP contribution in [0.1, 0.15) is 16.9 Å². The second-order valence-corrected chi connectivity index (χ2v) is 7.02. The SMILES string of the molecule is COCCn1ccc(C(=O)N2CC3(C2)OCC[C@@H]3COc2cccnc2)n1. The van der Waals surface area contributed by atoms with Gasteiger partial charge >= 0.3 is 0 Å². The molecule has 0 saturated carbocycles. The lowest BCUT2D eigenvalue weighted by molar-refractivity contribution is -0.122. The van der Waals surface area contributed by atoms with Gasteiger partial charge in [-0.25, -0.2) is 0 Å². The van der Waals surface area contributed by atoms with Crippen molar-refractivity contribution in [2.24, 2.45) is 5.92 Å². The maximum Gasteiger partial charge on any atom is 0.274 e. The molecule has 4 rings (SSSR count). The highest BCUT2D eigenvalue weighted by Crippen LogP contribution is 2.40. The summed E-state index contributed by atoms with van der Waals surface area (Å²) in [5.74, 6) is 0.966. The van der Waals surface area contributed by atoms with Crippen molar-refractivity contribution in [1.29, 1.82) is 0 Å². The summed E-state index contributed by atoms with van der Waals surface area (Å²) >= 11 is 0. The molecule has 2 aromatic heterocycles. The molecule has 8 heteroatoms. The number of carbonyl (C=O) groups is 1. The first-order valence-corrected chi connectivity index (χ1v) is 9.19. The molecule has 2 fully saturated rings. The minimum absolute atomic E-state index is 0.0563. The van der Waals surface area contributed by atoms with E-state index in [9.17, 15) is 4.79 Å². The van der Waals surface area contributed by atoms with Gasteiger partial charge in [0.15, 0.2) is 0 Å². The number of hydrogen-bond acceptors (Lipinski definition) is 6. The molecule has 0 aliphatic carbocycles. The van der Waals surface area contributed by atoms with Gasteiger partial charge in [0.05, 0.1) is 39.0 Å². The number of amides is 1. The molecule has 2 aromatic rings. The van der Waals surface area contributed by atoms with Gasteiger partial charge in [-0.1, -0.05) is 0 Å². The Hall–Kier alpha value is -2.45. The molecule has 0 radical (unpaired) electrons. The predicted octanol–water partition coefficient (Wildman–Crippen LogP) is 1.23. The van der Waals surface area contributed by atoms with Crippen LogP contribution in [0.4, 0.5) is 0 Å². The van der Waals surface area contributed by atoms with Gasteiger partial charge < -0.3 is 19.1 Å². The van der Waals surface area contributed by atoms with Gasteiger partial charge in [0.2, 0.25) is 0 Å². The van der Waals surface area contributed by atoms with Gasteiger partial charge in [0, 0.05) is 32.0 Å². The molecular weight excluding hydrogens is 348 g/mol. The third kappa shape index (κ3) is 3.68. The normalized spacial score (nSPS) is 20.6. The zero-order valence-corrected chi connectivity index (χ0v) is 15.4. The molecule has 1 amide bonds. The van der Waals surface area contributed by atoms with E-state index in [0.29, 0.717) is 45.1 Å². The van der Waals surface area contributed by atoms with E-state index in [2.05, 4.69) is 10.1 Å². The van der Waals surface area contributed by atoms with Crippen LogP contribution in [0.3, 0.4) is 0 Å². The first-order valence-electron chi connectivity index (χ1n) is 9.19. The highest BCUT2D eigenvalue weighted by Gasteiger charge is 2.55. The Labute approximate surface area is 158 Å². The van der Waals surface area contributed by atoms with E-state index in [0.717, 1.165) is 12.2 Å². The van der Waals surface area contributed by atoms with Crippen molar-refractivity contribution in [1.82, 2.24) is 19.7 Å². The third-order valence-corrected chi connectivity index (χ3v) is 5.27. The van der Waals surface area contributed by atoms with Crippen molar-refractivity contribution in [3.05, 3.63) is 42.5 Å². The summed E-state index contributed by atoms with van der Waals surface area (Å²) in [6.07, 6.45) is 6.17. The number of carbonyl (C=O) groups excluding carboxylic acids is 1. The summed E-state index contributed by atoms with van der Waals surface area (Å²) in [5.41, 5.74) is 0.165. The van der Waals surface area contributed by atoms with Crippen molar-refractivity contribution in [3.8, 4) is 5.75 Å². The zero-order valence-electron chi connectivity index (χ0n) is 15.4. The van der Waals surface area contributed by atoms with Crippen LogP contribution in [0.5, 0.6) is 5.75 Å². The molecule has 2 aliphatic rings. The maximum absolute atomic E-state index is 12.7. The van der Waals surface area contributed by atoms with E-state index in [1.807, 2.05) is 12.1 Å². The second-order valence-electron chi connectivity index (χ2n) is 7.02. The number of rotatable bonds is 7. The molecule has 0 unspecified atom stereocenters. The Balaban J connectivity index is 1.32. The largest absolute Gasteiger partial charge is 0.492 e. The van der Waals surface area contributed by atoms with Crippen molar-refractivity contribution in [2.45, 2.75) is 18.6 Å². The monoisotopic (exact) mass is 372 g/mol. The summed E-state index contributed by atoms with van der Waals surface area (Å²) in [4.78, 5) is 18.5. The molecule has 2 saturated heterocycles. The number of hydrogen-bond donors (Lipinski definition) is 0. The Morgan fingerprint density at radius 2 is 2.30 bits per heavy atom. The smallest absolute Gasteiger partial charge is 0.274 e. The third-order valence-electron chi connectivity index (χ3n) is 5.27. The number of ether oxygens (including phenoxy) is 3. The Kier molecular flexibility index (Phi) is 5.09. The molecule has 1 spiro atoms. The van der Waals surface area contributed by atoms with Crippen LogP contribution in [-0.2, 0) is 16.0 Å². The highest BCUT2D eigenvalue weighted by atomic mass is 16.5. The average Bonchev–Trinajstić information content (AvgIpc) is 3.31. The highest BCUT2D eigenvalue weighted by molar-refractivity contribution is 5.93. The molecule has 1 atom stereocenters. The van der Waals surface area contributed by atoms with Crippen LogP contribution in [0.25, 0.3) is 0 Å².